The highest BCUT2D eigenvalue weighted by atomic mass is 16.8. The summed E-state index contributed by atoms with van der Waals surface area (Å²) in [7, 11) is 0. The molecule has 0 aromatic heterocycles. The number of carbonyl (C=O) groups is 3. The minimum absolute atomic E-state index is 0.191. The molecule has 96 heavy (non-hydrogen) atoms. The second kappa shape index (κ2) is 52.9. The summed E-state index contributed by atoms with van der Waals surface area (Å²) in [5, 5.41) is 136. The molecular weight excluding hydrogens is 1240 g/mol. The molecule has 18 atom stereocenters. The van der Waals surface area contributed by atoms with E-state index in [0.717, 1.165) is 84.0 Å². The first kappa shape index (κ1) is 87.2. The van der Waals surface area contributed by atoms with Crippen molar-refractivity contribution in [1.82, 2.24) is 10.6 Å². The van der Waals surface area contributed by atoms with Crippen molar-refractivity contribution < 1.29 is 104 Å². The van der Waals surface area contributed by atoms with Crippen molar-refractivity contribution in [2.45, 2.75) is 381 Å². The average molecular weight is 1370 g/mol. The molecule has 0 aromatic rings. The molecule has 0 aromatic carbocycles. The number of ether oxygens (including phenoxy) is 6. The van der Waals surface area contributed by atoms with Crippen molar-refractivity contribution in [3.63, 3.8) is 0 Å². The van der Waals surface area contributed by atoms with Crippen molar-refractivity contribution in [2.24, 2.45) is 0 Å². The van der Waals surface area contributed by atoms with Crippen LogP contribution in [0.25, 0.3) is 0 Å². The van der Waals surface area contributed by atoms with E-state index < -0.39 is 155 Å². The zero-order valence-corrected chi connectivity index (χ0v) is 58.7. The van der Waals surface area contributed by atoms with E-state index in [1.54, 1.807) is 6.08 Å². The Morgan fingerprint density at radius 2 is 1.01 bits per heavy atom. The molecule has 0 bridgehead atoms. The molecule has 3 rings (SSSR count). The molecule has 18 unspecified atom stereocenters. The van der Waals surface area contributed by atoms with E-state index in [2.05, 4.69) is 48.8 Å². The van der Waals surface area contributed by atoms with Gasteiger partial charge in [0, 0.05) is 19.8 Å². The van der Waals surface area contributed by atoms with Crippen LogP contribution < -0.4 is 10.6 Å². The van der Waals surface area contributed by atoms with Crippen LogP contribution in [0, 0.1) is 0 Å². The van der Waals surface area contributed by atoms with Crippen LogP contribution in [0.15, 0.2) is 36.5 Å². The fourth-order valence-electron chi connectivity index (χ4n) is 12.9. The van der Waals surface area contributed by atoms with Gasteiger partial charge in [0.25, 0.3) is 5.79 Å². The molecule has 3 fully saturated rings. The Morgan fingerprint density at radius 1 is 0.552 bits per heavy atom. The van der Waals surface area contributed by atoms with Crippen molar-refractivity contribution in [3.05, 3.63) is 36.5 Å². The third-order valence-corrected chi connectivity index (χ3v) is 18.8. The highest BCUT2D eigenvalue weighted by molar-refractivity contribution is 5.77. The Labute approximate surface area is 574 Å². The van der Waals surface area contributed by atoms with Gasteiger partial charge in [0.1, 0.15) is 67.1 Å². The van der Waals surface area contributed by atoms with Crippen LogP contribution in [0.4, 0.5) is 0 Å². The van der Waals surface area contributed by atoms with Gasteiger partial charge in [-0.1, -0.05) is 237 Å². The summed E-state index contributed by atoms with van der Waals surface area (Å²) in [4.78, 5) is 38.6. The molecule has 2 amide bonds. The second-order valence-corrected chi connectivity index (χ2v) is 27.2. The maximum Gasteiger partial charge on any atom is 0.364 e. The molecular formula is C73H132N2O21. The van der Waals surface area contributed by atoms with E-state index in [-0.39, 0.29) is 12.3 Å². The number of carbonyl (C=O) groups excluding carboxylic acids is 2. The van der Waals surface area contributed by atoms with Gasteiger partial charge in [0.15, 0.2) is 12.6 Å². The lowest BCUT2D eigenvalue weighted by atomic mass is 9.88. The van der Waals surface area contributed by atoms with Crippen molar-refractivity contribution in [1.29, 1.82) is 0 Å². The molecule has 3 heterocycles. The first-order valence-electron chi connectivity index (χ1n) is 37.4. The summed E-state index contributed by atoms with van der Waals surface area (Å²) >= 11 is 0. The number of aliphatic hydroxyl groups is 11. The van der Waals surface area contributed by atoms with Gasteiger partial charge in [0.2, 0.25) is 11.8 Å². The SMILES string of the molecule is CCCCC/C=C\C/C=C\CCCCCCCCCC(=O)NC(COC1OC(CO)C(OC2OC(CO)C(O)C(OC3(C(=O)O)CC(O)C(NC(C)=O)C(C(O)C(O)CO)O3)C2O)C(O)C1O)C(O)/C=C/CCCCCCCCCCCCCCCCCCCCCCCCC. The molecule has 3 aliphatic heterocycles. The van der Waals surface area contributed by atoms with Crippen LogP contribution in [-0.2, 0) is 42.8 Å². The monoisotopic (exact) mass is 1370 g/mol. The summed E-state index contributed by atoms with van der Waals surface area (Å²) in [5.41, 5.74) is 0. The van der Waals surface area contributed by atoms with Crippen LogP contribution in [0.5, 0.6) is 0 Å². The standard InChI is InChI=1S/C73H132N2O21/c1-4-6-8-10-12-14-16-18-20-22-23-24-25-26-27-28-29-31-32-34-36-38-40-42-44-46-55(80)54(75-60(83)47-45-43-41-39-37-35-33-30-21-19-17-15-13-11-9-7-5-2)52-91-70-65(87)64(86)67(59(51-78)93-70)94-71-66(88)69(63(85)58(50-77)92-71)96-73(72(89)90)48-56(81)61(74-53(3)79)68(95-73)62(84)57(82)49-76/h13,15,19,21,44,46,54-59,61-71,76-78,80-82,84-88H,4-12,14,16-18,20,22-43,45,47-52H2,1-3H3,(H,74,79)(H,75,83)(H,89,90)/b15-13-,21-19-,46-44+. The third kappa shape index (κ3) is 34.1. The van der Waals surface area contributed by atoms with Crippen LogP contribution in [0.3, 0.4) is 0 Å². The summed E-state index contributed by atoms with van der Waals surface area (Å²) in [5.74, 6) is -6.15. The molecule has 0 aliphatic carbocycles. The number of unbranched alkanes of at least 4 members (excludes halogenated alkanes) is 33. The largest absolute Gasteiger partial charge is 0.477 e. The summed E-state index contributed by atoms with van der Waals surface area (Å²) in [6, 6.07) is -2.63. The molecule has 23 nitrogen and oxygen atoms in total. The first-order chi connectivity index (χ1) is 46.4. The van der Waals surface area contributed by atoms with E-state index >= 15 is 0 Å². The van der Waals surface area contributed by atoms with Crippen LogP contribution in [0.2, 0.25) is 0 Å². The lowest BCUT2D eigenvalue weighted by Gasteiger charge is -2.50. The topological polar surface area (TPSA) is 373 Å². The van der Waals surface area contributed by atoms with Gasteiger partial charge in [-0.3, -0.25) is 9.59 Å². The van der Waals surface area contributed by atoms with Crippen LogP contribution in [-0.4, -0.2) is 215 Å². The fraction of sp³-hybridized carbons (Fsp3) is 0.877. The quantitative estimate of drug-likeness (QED) is 0.0201. The first-order valence-corrected chi connectivity index (χ1v) is 37.4. The molecule has 0 radical (unpaired) electrons. The molecule has 23 heteroatoms. The van der Waals surface area contributed by atoms with Gasteiger partial charge in [0.05, 0.1) is 50.7 Å². The molecule has 3 saturated heterocycles. The van der Waals surface area contributed by atoms with E-state index in [0.29, 0.717) is 12.8 Å². The van der Waals surface area contributed by atoms with Gasteiger partial charge in [-0.2, -0.15) is 0 Å². The van der Waals surface area contributed by atoms with E-state index in [1.807, 2.05) is 6.08 Å². The normalized spacial score (nSPS) is 27.8. The number of carboxylic acids is 1. The maximum absolute atomic E-state index is 13.5. The Balaban J connectivity index is 1.56. The number of nitrogens with one attached hydrogen (secondary N) is 2. The van der Waals surface area contributed by atoms with Crippen molar-refractivity contribution in [2.75, 3.05) is 26.4 Å². The predicted octanol–water partition coefficient (Wildman–Crippen LogP) is 8.18. The van der Waals surface area contributed by atoms with Crippen LogP contribution >= 0.6 is 0 Å². The number of rotatable bonds is 57. The Bertz CT molecular complexity index is 2070. The average Bonchev–Trinajstić information content (AvgIpc) is 0.758. The van der Waals surface area contributed by atoms with Gasteiger partial charge >= 0.3 is 5.97 Å². The van der Waals surface area contributed by atoms with Crippen LogP contribution in [0.1, 0.15) is 271 Å². The molecule has 560 valence electrons. The van der Waals surface area contributed by atoms with E-state index in [1.165, 1.54) is 148 Å². The second-order valence-electron chi connectivity index (χ2n) is 27.2. The highest BCUT2D eigenvalue weighted by Crippen LogP contribution is 2.39. The van der Waals surface area contributed by atoms with Gasteiger partial charge in [-0.15, -0.1) is 0 Å². The molecule has 14 N–H and O–H groups in total. The Hall–Kier alpha value is -3.05. The number of hydrogen-bond acceptors (Lipinski definition) is 20. The third-order valence-electron chi connectivity index (χ3n) is 18.8. The number of aliphatic hydroxyl groups excluding tert-OH is 11. The number of carboxylic acid groups (broad SMARTS) is 1. The summed E-state index contributed by atoms with van der Waals surface area (Å²) < 4.78 is 34.8. The molecule has 3 aliphatic rings. The number of amides is 2. The van der Waals surface area contributed by atoms with Gasteiger partial charge in [-0.25, -0.2) is 4.79 Å². The Kier molecular flexibility index (Phi) is 48.0. The zero-order valence-electron chi connectivity index (χ0n) is 58.7. The van der Waals surface area contributed by atoms with Crippen molar-refractivity contribution in [3.8, 4) is 0 Å². The predicted molar refractivity (Wildman–Crippen MR) is 366 cm³/mol. The number of allylic oxidation sites excluding steroid dienone is 5. The smallest absolute Gasteiger partial charge is 0.364 e. The lowest BCUT2D eigenvalue weighted by Crippen LogP contribution is -2.70. The molecule has 0 spiro atoms. The fourth-order valence-corrected chi connectivity index (χ4v) is 12.9. The molecule has 0 saturated carbocycles. The lowest BCUT2D eigenvalue weighted by molar-refractivity contribution is -0.386. The Morgan fingerprint density at radius 3 is 1.49 bits per heavy atom. The van der Waals surface area contributed by atoms with Gasteiger partial charge in [-0.05, 0) is 51.4 Å². The minimum atomic E-state index is -3.08. The maximum atomic E-state index is 13.5. The van der Waals surface area contributed by atoms with E-state index in [4.69, 9.17) is 28.4 Å². The number of hydrogen-bond donors (Lipinski definition) is 14. The summed E-state index contributed by atoms with van der Waals surface area (Å²) in [6.45, 7) is 2.12. The highest BCUT2D eigenvalue weighted by Gasteiger charge is 2.60. The summed E-state index contributed by atoms with van der Waals surface area (Å²) in [6.07, 6.45) is 27.5. The van der Waals surface area contributed by atoms with E-state index in [9.17, 15) is 75.7 Å². The zero-order chi connectivity index (χ0) is 70.4. The minimum Gasteiger partial charge on any atom is -0.477 e. The number of aliphatic carboxylic acids is 1. The van der Waals surface area contributed by atoms with Gasteiger partial charge < -0.3 is 100 Å². The van der Waals surface area contributed by atoms with Crippen molar-refractivity contribution >= 4 is 17.8 Å².